The van der Waals surface area contributed by atoms with Crippen molar-refractivity contribution in [3.05, 3.63) is 70.7 Å². The number of hydrogen-bond acceptors (Lipinski definition) is 6. The summed E-state index contributed by atoms with van der Waals surface area (Å²) < 4.78 is 6.05. The number of hydrogen-bond donors (Lipinski definition) is 2. The van der Waals surface area contributed by atoms with Crippen molar-refractivity contribution in [3.8, 4) is 11.5 Å². The Bertz CT molecular complexity index is 1530. The summed E-state index contributed by atoms with van der Waals surface area (Å²) in [6.45, 7) is 5.79. The first-order chi connectivity index (χ1) is 18.4. The van der Waals surface area contributed by atoms with Crippen LogP contribution in [0.4, 0.5) is 21.9 Å². The highest BCUT2D eigenvalue weighted by Crippen LogP contribution is 2.47. The van der Waals surface area contributed by atoms with Gasteiger partial charge >= 0.3 is 6.03 Å². The molecule has 2 aromatic heterocycles. The Balaban J connectivity index is 1.36. The molecule has 0 spiro atoms. The Morgan fingerprint density at radius 1 is 1.13 bits per heavy atom. The van der Waals surface area contributed by atoms with Crippen molar-refractivity contribution in [1.82, 2.24) is 15.2 Å². The van der Waals surface area contributed by atoms with Gasteiger partial charge < -0.3 is 20.3 Å². The van der Waals surface area contributed by atoms with Crippen molar-refractivity contribution in [2.24, 2.45) is 0 Å². The zero-order valence-corrected chi connectivity index (χ0v) is 22.4. The molecule has 0 bridgehead atoms. The first-order valence-electron chi connectivity index (χ1n) is 12.7. The fraction of sp³-hybridized carbons (Fsp3) is 0.276. The Hall–Kier alpha value is -3.95. The van der Waals surface area contributed by atoms with Gasteiger partial charge in [-0.3, -0.25) is 9.69 Å². The predicted molar refractivity (Wildman–Crippen MR) is 151 cm³/mol. The molecule has 0 radical (unpaired) electrons. The molecule has 2 aromatic carbocycles. The van der Waals surface area contributed by atoms with E-state index in [1.54, 1.807) is 11.1 Å². The molecular weight excluding hydrogens is 498 g/mol. The van der Waals surface area contributed by atoms with Gasteiger partial charge in [0.05, 0.1) is 22.4 Å². The summed E-state index contributed by atoms with van der Waals surface area (Å²) in [6, 6.07) is 15.1. The lowest BCUT2D eigenvalue weighted by molar-refractivity contribution is 0.0917. The maximum atomic E-state index is 13.6. The number of nitrogens with zero attached hydrogens (tertiary/aromatic N) is 3. The molecule has 0 saturated carbocycles. The topological polar surface area (TPSA) is 86.8 Å². The molecule has 4 heterocycles. The lowest BCUT2D eigenvalue weighted by Gasteiger charge is -2.31. The van der Waals surface area contributed by atoms with Gasteiger partial charge in [-0.15, -0.1) is 11.3 Å². The van der Waals surface area contributed by atoms with Gasteiger partial charge in [0.1, 0.15) is 21.2 Å². The van der Waals surface area contributed by atoms with Gasteiger partial charge in [0.25, 0.3) is 5.91 Å². The highest BCUT2D eigenvalue weighted by Gasteiger charge is 2.34. The molecule has 1 fully saturated rings. The van der Waals surface area contributed by atoms with Gasteiger partial charge in [-0.05, 0) is 81.7 Å². The van der Waals surface area contributed by atoms with E-state index in [0.29, 0.717) is 26.8 Å². The number of thiophene rings is 1. The first kappa shape index (κ1) is 24.4. The van der Waals surface area contributed by atoms with Gasteiger partial charge in [0, 0.05) is 18.8 Å². The quantitative estimate of drug-likeness (QED) is 0.322. The number of nitrogens with one attached hydrogen (secondary N) is 2. The van der Waals surface area contributed by atoms with Crippen LogP contribution >= 0.6 is 11.3 Å². The van der Waals surface area contributed by atoms with Crippen molar-refractivity contribution in [1.29, 1.82) is 0 Å². The summed E-state index contributed by atoms with van der Waals surface area (Å²) in [6.07, 6.45) is 3.69. The minimum absolute atomic E-state index is 0.0869. The zero-order valence-electron chi connectivity index (χ0n) is 21.6. The normalized spacial score (nSPS) is 17.4. The van der Waals surface area contributed by atoms with Crippen molar-refractivity contribution in [2.75, 3.05) is 30.4 Å². The highest BCUT2D eigenvalue weighted by molar-refractivity contribution is 7.21. The molecule has 2 aliphatic heterocycles. The number of rotatable bonds is 5. The van der Waals surface area contributed by atoms with Crippen LogP contribution in [0.2, 0.25) is 0 Å². The van der Waals surface area contributed by atoms with Gasteiger partial charge in [-0.25, -0.2) is 9.78 Å². The second-order valence-electron chi connectivity index (χ2n) is 9.98. The van der Waals surface area contributed by atoms with E-state index in [1.165, 1.54) is 11.3 Å². The SMILES string of the molecule is Cc1cc(Oc2ccccc2)cc(C)c1N1C(=O)Nc2c(C(=O)NC3CCCN(C)C3)sc3nccc1c23. The van der Waals surface area contributed by atoms with E-state index in [4.69, 9.17) is 4.74 Å². The van der Waals surface area contributed by atoms with Crippen molar-refractivity contribution in [3.63, 3.8) is 0 Å². The van der Waals surface area contributed by atoms with E-state index in [2.05, 4.69) is 27.6 Å². The fourth-order valence-electron chi connectivity index (χ4n) is 5.45. The van der Waals surface area contributed by atoms with Crippen molar-refractivity contribution >= 4 is 50.6 Å². The number of pyridine rings is 1. The predicted octanol–water partition coefficient (Wildman–Crippen LogP) is 6.21. The molecule has 8 nitrogen and oxygen atoms in total. The number of carbonyl (C=O) groups is 2. The van der Waals surface area contributed by atoms with Crippen LogP contribution in [0.5, 0.6) is 11.5 Å². The smallest absolute Gasteiger partial charge is 0.331 e. The van der Waals surface area contributed by atoms with Crippen molar-refractivity contribution < 1.29 is 14.3 Å². The molecule has 0 aliphatic carbocycles. The number of para-hydroxylation sites is 1. The third-order valence-electron chi connectivity index (χ3n) is 7.08. The van der Waals surface area contributed by atoms with Crippen LogP contribution in [0.15, 0.2) is 54.7 Å². The second kappa shape index (κ2) is 9.74. The number of piperidine rings is 1. The molecule has 4 aromatic rings. The van der Waals surface area contributed by atoms with Crippen LogP contribution in [0.3, 0.4) is 0 Å². The summed E-state index contributed by atoms with van der Waals surface area (Å²) >= 11 is 1.31. The van der Waals surface area contributed by atoms with Gasteiger partial charge in [-0.1, -0.05) is 18.2 Å². The number of likely N-dealkylation sites (N-methyl/N-ethyl adjacent to an activating group) is 1. The Morgan fingerprint density at radius 3 is 2.63 bits per heavy atom. The van der Waals surface area contributed by atoms with Crippen LogP contribution in [-0.4, -0.2) is 48.0 Å². The molecule has 1 unspecified atom stereocenters. The third-order valence-corrected chi connectivity index (χ3v) is 8.18. The summed E-state index contributed by atoms with van der Waals surface area (Å²) in [5.74, 6) is 1.28. The standard InChI is InChI=1S/C29H29N5O3S/c1-17-14-21(37-20-9-5-4-6-10-20)15-18(2)25(17)34-22-11-12-30-28-23(22)24(32-29(34)36)26(38-28)27(35)31-19-8-7-13-33(3)16-19/h4-6,9-12,14-15,19H,7-8,13,16H2,1-3H3,(H,31,35)(H,32,36). The Labute approximate surface area is 225 Å². The van der Waals surface area contributed by atoms with Crippen molar-refractivity contribution in [2.45, 2.75) is 32.7 Å². The molecule has 2 aliphatic rings. The number of aromatic nitrogens is 1. The van der Waals surface area contributed by atoms with Gasteiger partial charge in [0.2, 0.25) is 0 Å². The van der Waals surface area contributed by atoms with Gasteiger partial charge in [0.15, 0.2) is 0 Å². The minimum Gasteiger partial charge on any atom is -0.457 e. The number of carbonyl (C=O) groups excluding carboxylic acids is 2. The summed E-state index contributed by atoms with van der Waals surface area (Å²) in [7, 11) is 2.07. The Morgan fingerprint density at radius 2 is 1.89 bits per heavy atom. The lowest BCUT2D eigenvalue weighted by atomic mass is 10.0. The fourth-order valence-corrected chi connectivity index (χ4v) is 6.48. The number of benzene rings is 2. The number of ether oxygens (including phenoxy) is 1. The van der Waals surface area contributed by atoms with Crippen LogP contribution in [-0.2, 0) is 0 Å². The third kappa shape index (κ3) is 4.37. The Kier molecular flexibility index (Phi) is 6.25. The average molecular weight is 528 g/mol. The van der Waals surface area contributed by atoms with E-state index in [1.807, 2.05) is 62.4 Å². The molecule has 1 saturated heterocycles. The summed E-state index contributed by atoms with van der Waals surface area (Å²) in [5.41, 5.74) is 3.83. The van der Waals surface area contributed by atoms with Crippen LogP contribution in [0.25, 0.3) is 10.2 Å². The number of anilines is 3. The number of urea groups is 1. The zero-order chi connectivity index (χ0) is 26.4. The monoisotopic (exact) mass is 527 g/mol. The molecule has 1 atom stereocenters. The molecular formula is C29H29N5O3S. The van der Waals surface area contributed by atoms with E-state index in [0.717, 1.165) is 53.9 Å². The van der Waals surface area contributed by atoms with Gasteiger partial charge in [-0.2, -0.15) is 0 Å². The average Bonchev–Trinajstić information content (AvgIpc) is 3.25. The minimum atomic E-state index is -0.308. The van der Waals surface area contributed by atoms with Crippen LogP contribution in [0.1, 0.15) is 33.6 Å². The maximum absolute atomic E-state index is 13.6. The molecule has 3 amide bonds. The van der Waals surface area contributed by atoms with E-state index in [9.17, 15) is 9.59 Å². The second-order valence-corrected chi connectivity index (χ2v) is 11.0. The molecule has 6 rings (SSSR count). The first-order valence-corrected chi connectivity index (χ1v) is 13.6. The largest absolute Gasteiger partial charge is 0.457 e. The van der Waals surface area contributed by atoms with E-state index in [-0.39, 0.29) is 18.0 Å². The molecule has 194 valence electrons. The van der Waals surface area contributed by atoms with E-state index < -0.39 is 0 Å². The lowest BCUT2D eigenvalue weighted by Crippen LogP contribution is -2.46. The number of amides is 3. The summed E-state index contributed by atoms with van der Waals surface area (Å²) in [4.78, 5) is 36.6. The molecule has 38 heavy (non-hydrogen) atoms. The van der Waals surface area contributed by atoms with E-state index >= 15 is 0 Å². The summed E-state index contributed by atoms with van der Waals surface area (Å²) in [5, 5.41) is 6.97. The van der Waals surface area contributed by atoms with Crippen LogP contribution < -0.4 is 20.3 Å². The highest BCUT2D eigenvalue weighted by atomic mass is 32.1. The number of likely N-dealkylation sites (tertiary alicyclic amines) is 1. The number of aryl methyl sites for hydroxylation is 2. The van der Waals surface area contributed by atoms with Crippen LogP contribution in [0, 0.1) is 13.8 Å². The maximum Gasteiger partial charge on any atom is 0.331 e. The molecule has 9 heteroatoms. The molecule has 2 N–H and O–H groups in total.